The molecule has 0 aliphatic heterocycles. The number of nitrogen functional groups attached to an aromatic ring is 2. The molecular formula is C34H37F2N3O6. The zero-order chi connectivity index (χ0) is 32.8. The van der Waals surface area contributed by atoms with E-state index in [9.17, 15) is 18.4 Å². The lowest BCUT2D eigenvalue weighted by Gasteiger charge is -2.19. The number of carbonyl (C=O) groups excluding carboxylic acids is 1. The number of halogens is 2. The molecule has 0 heterocycles. The van der Waals surface area contributed by atoms with Gasteiger partial charge in [-0.2, -0.15) is 14.0 Å². The van der Waals surface area contributed by atoms with Crippen molar-refractivity contribution in [2.45, 2.75) is 64.1 Å². The second-order valence-corrected chi connectivity index (χ2v) is 10.3. The predicted octanol–water partition coefficient (Wildman–Crippen LogP) is 7.11. The number of nitrogens with two attached hydrogens (primary N) is 2. The third kappa shape index (κ3) is 10.8. The van der Waals surface area contributed by atoms with Crippen LogP contribution in [0, 0.1) is 11.3 Å². The van der Waals surface area contributed by atoms with Crippen LogP contribution >= 0.6 is 0 Å². The monoisotopic (exact) mass is 621 g/mol. The predicted molar refractivity (Wildman–Crippen MR) is 167 cm³/mol. The van der Waals surface area contributed by atoms with Gasteiger partial charge in [0.2, 0.25) is 0 Å². The van der Waals surface area contributed by atoms with Crippen LogP contribution in [0.1, 0.15) is 72.5 Å². The van der Waals surface area contributed by atoms with Crippen LogP contribution in [0.25, 0.3) is 6.08 Å². The van der Waals surface area contributed by atoms with Crippen LogP contribution in [0.4, 0.5) is 20.2 Å². The normalized spacial score (nSPS) is 12.0. The standard InChI is InChI=1S/C34H37F2N3O6/c1-2-26(22-29-30(38)20-24(33(41)42)21-31(29)39)44-32(40)17-10-23-8-13-28(14-9-23)45-34(35,36)25-11-15-27(16-12-25)43-19-7-5-3-4-6-18-37/h8-17,20-21,26H,2-7,19,22,38-39H2,1H3,(H,41,42). The number of carboxylic acid groups (broad SMARTS) is 1. The fraction of sp³-hybridized carbons (Fsp3) is 0.324. The van der Waals surface area contributed by atoms with Crippen molar-refractivity contribution in [3.05, 3.63) is 89.0 Å². The van der Waals surface area contributed by atoms with Gasteiger partial charge in [0.05, 0.1) is 23.8 Å². The number of esters is 1. The van der Waals surface area contributed by atoms with Crippen LogP contribution in [-0.2, 0) is 22.1 Å². The Balaban J connectivity index is 1.50. The van der Waals surface area contributed by atoms with Crippen molar-refractivity contribution in [2.75, 3.05) is 18.1 Å². The van der Waals surface area contributed by atoms with Gasteiger partial charge in [-0.15, -0.1) is 0 Å². The smallest absolute Gasteiger partial charge is 0.426 e. The minimum Gasteiger partial charge on any atom is -0.494 e. The number of rotatable bonds is 17. The molecule has 3 aromatic carbocycles. The molecule has 9 nitrogen and oxygen atoms in total. The highest BCUT2D eigenvalue weighted by Crippen LogP contribution is 2.33. The molecule has 0 radical (unpaired) electrons. The van der Waals surface area contributed by atoms with Gasteiger partial charge in [-0.1, -0.05) is 31.9 Å². The number of carbonyl (C=O) groups is 2. The highest BCUT2D eigenvalue weighted by molar-refractivity contribution is 5.91. The van der Waals surface area contributed by atoms with E-state index in [1.54, 1.807) is 0 Å². The van der Waals surface area contributed by atoms with Crippen molar-refractivity contribution in [1.82, 2.24) is 0 Å². The van der Waals surface area contributed by atoms with E-state index in [-0.39, 0.29) is 34.7 Å². The number of carboxylic acids is 1. The Bertz CT molecular complexity index is 1480. The van der Waals surface area contributed by atoms with Crippen LogP contribution in [0.5, 0.6) is 11.5 Å². The van der Waals surface area contributed by atoms with Crippen LogP contribution in [0.2, 0.25) is 0 Å². The van der Waals surface area contributed by atoms with Crippen molar-refractivity contribution in [3.63, 3.8) is 0 Å². The number of ether oxygens (including phenoxy) is 3. The molecule has 3 rings (SSSR count). The van der Waals surface area contributed by atoms with Gasteiger partial charge in [-0.25, -0.2) is 9.59 Å². The summed E-state index contributed by atoms with van der Waals surface area (Å²) >= 11 is 0. The molecule has 0 saturated heterocycles. The molecule has 0 aromatic heterocycles. The fourth-order valence-electron chi connectivity index (χ4n) is 4.39. The maximum atomic E-state index is 14.8. The van der Waals surface area contributed by atoms with E-state index in [2.05, 4.69) is 6.07 Å². The molecule has 0 aliphatic rings. The van der Waals surface area contributed by atoms with Crippen molar-refractivity contribution in [2.24, 2.45) is 0 Å². The van der Waals surface area contributed by atoms with Gasteiger partial charge >= 0.3 is 18.0 Å². The molecule has 238 valence electrons. The largest absolute Gasteiger partial charge is 0.494 e. The molecule has 3 aromatic rings. The van der Waals surface area contributed by atoms with Gasteiger partial charge in [0.15, 0.2) is 0 Å². The zero-order valence-corrected chi connectivity index (χ0v) is 25.0. The zero-order valence-electron chi connectivity index (χ0n) is 25.0. The fourth-order valence-corrected chi connectivity index (χ4v) is 4.39. The summed E-state index contributed by atoms with van der Waals surface area (Å²) in [6.07, 6.45) is 3.30. The maximum absolute atomic E-state index is 14.8. The topological polar surface area (TPSA) is 158 Å². The summed E-state index contributed by atoms with van der Waals surface area (Å²) in [7, 11) is 0. The minimum absolute atomic E-state index is 0.0338. The summed E-state index contributed by atoms with van der Waals surface area (Å²) in [6.45, 7) is 2.28. The number of aromatic carboxylic acids is 1. The maximum Gasteiger partial charge on any atom is 0.426 e. The van der Waals surface area contributed by atoms with Crippen molar-refractivity contribution in [1.29, 1.82) is 5.26 Å². The summed E-state index contributed by atoms with van der Waals surface area (Å²) in [4.78, 5) is 23.7. The number of nitrogens with zero attached hydrogens (tertiary/aromatic N) is 1. The molecule has 0 aliphatic carbocycles. The Hall–Kier alpha value is -5.11. The number of benzene rings is 3. The molecule has 0 spiro atoms. The van der Waals surface area contributed by atoms with Crippen molar-refractivity contribution >= 4 is 29.4 Å². The first-order valence-electron chi connectivity index (χ1n) is 14.6. The molecule has 0 bridgehead atoms. The molecular weight excluding hydrogens is 584 g/mol. The molecule has 0 saturated carbocycles. The Kier molecular flexibility index (Phi) is 12.7. The number of hydrogen-bond acceptors (Lipinski definition) is 8. The highest BCUT2D eigenvalue weighted by Gasteiger charge is 2.34. The van der Waals surface area contributed by atoms with Crippen molar-refractivity contribution < 1.29 is 37.7 Å². The Morgan fingerprint density at radius 3 is 2.20 bits per heavy atom. The molecule has 1 atom stereocenters. The third-order valence-electron chi connectivity index (χ3n) is 6.92. The van der Waals surface area contributed by atoms with Gasteiger partial charge in [-0.05, 0) is 79.4 Å². The first-order chi connectivity index (χ1) is 21.5. The van der Waals surface area contributed by atoms with Crippen LogP contribution in [-0.4, -0.2) is 29.8 Å². The lowest BCUT2D eigenvalue weighted by Crippen LogP contribution is -2.21. The van der Waals surface area contributed by atoms with Crippen molar-refractivity contribution in [3.8, 4) is 17.6 Å². The van der Waals surface area contributed by atoms with E-state index in [4.69, 9.17) is 36.0 Å². The second kappa shape index (κ2) is 16.7. The summed E-state index contributed by atoms with van der Waals surface area (Å²) in [6, 6.07) is 16.0. The lowest BCUT2D eigenvalue weighted by molar-refractivity contribution is -0.185. The van der Waals surface area contributed by atoms with Crippen LogP contribution < -0.4 is 20.9 Å². The van der Waals surface area contributed by atoms with Crippen LogP contribution in [0.3, 0.4) is 0 Å². The molecule has 45 heavy (non-hydrogen) atoms. The minimum atomic E-state index is -3.59. The number of alkyl halides is 2. The quantitative estimate of drug-likeness (QED) is 0.0618. The lowest BCUT2D eigenvalue weighted by atomic mass is 10.00. The average molecular weight is 622 g/mol. The Morgan fingerprint density at radius 1 is 0.978 bits per heavy atom. The molecule has 11 heteroatoms. The van der Waals surface area contributed by atoms with E-state index in [1.807, 2.05) is 6.92 Å². The van der Waals surface area contributed by atoms with Gasteiger partial charge < -0.3 is 30.8 Å². The molecule has 1 unspecified atom stereocenters. The molecule has 0 amide bonds. The Labute approximate surface area is 261 Å². The van der Waals surface area contributed by atoms with Gasteiger partial charge in [-0.3, -0.25) is 0 Å². The summed E-state index contributed by atoms with van der Waals surface area (Å²) < 4.78 is 45.7. The first-order valence-corrected chi connectivity index (χ1v) is 14.6. The van der Waals surface area contributed by atoms with Gasteiger partial charge in [0, 0.05) is 35.9 Å². The van der Waals surface area contributed by atoms with E-state index in [1.165, 1.54) is 72.8 Å². The van der Waals surface area contributed by atoms with Gasteiger partial charge in [0.1, 0.15) is 17.6 Å². The first kappa shape index (κ1) is 34.4. The number of anilines is 2. The van der Waals surface area contributed by atoms with E-state index >= 15 is 0 Å². The average Bonchev–Trinajstić information content (AvgIpc) is 3.01. The second-order valence-electron chi connectivity index (χ2n) is 10.3. The molecule has 5 N–H and O–H groups in total. The van der Waals surface area contributed by atoms with Crippen LogP contribution in [0.15, 0.2) is 66.7 Å². The summed E-state index contributed by atoms with van der Waals surface area (Å²) in [5.74, 6) is -1.36. The SMILES string of the molecule is CCC(Cc1c(N)cc(C(=O)O)cc1N)OC(=O)C=Cc1ccc(OC(F)(F)c2ccc(OCCCCCCC#N)cc2)cc1. The van der Waals surface area contributed by atoms with E-state index < -0.39 is 24.2 Å². The number of unbranched alkanes of at least 4 members (excludes halogenated alkanes) is 4. The van der Waals surface area contributed by atoms with Gasteiger partial charge in [0.25, 0.3) is 0 Å². The van der Waals surface area contributed by atoms with E-state index in [0.29, 0.717) is 36.3 Å². The molecule has 0 fully saturated rings. The number of nitriles is 1. The van der Waals surface area contributed by atoms with E-state index in [0.717, 1.165) is 25.7 Å². The third-order valence-corrected chi connectivity index (χ3v) is 6.92. The summed E-state index contributed by atoms with van der Waals surface area (Å²) in [5, 5.41) is 17.7. The Morgan fingerprint density at radius 2 is 1.60 bits per heavy atom. The highest BCUT2D eigenvalue weighted by atomic mass is 19.3. The number of hydrogen-bond donors (Lipinski definition) is 3. The summed E-state index contributed by atoms with van der Waals surface area (Å²) in [5.41, 5.74) is 13.1.